The molecule has 1 aliphatic heterocycles. The zero-order valence-corrected chi connectivity index (χ0v) is 15.5. The van der Waals surface area contributed by atoms with E-state index in [-0.39, 0.29) is 23.4 Å². The highest BCUT2D eigenvalue weighted by molar-refractivity contribution is 5.93. The van der Waals surface area contributed by atoms with E-state index in [1.54, 1.807) is 0 Å². The van der Waals surface area contributed by atoms with E-state index in [4.69, 9.17) is 0 Å². The summed E-state index contributed by atoms with van der Waals surface area (Å²) in [4.78, 5) is 25.0. The number of aromatic nitrogens is 4. The minimum absolute atomic E-state index is 0.000530. The van der Waals surface area contributed by atoms with Crippen LogP contribution in [0.5, 0.6) is 0 Å². The van der Waals surface area contributed by atoms with E-state index < -0.39 is 0 Å². The molecule has 7 nitrogen and oxygen atoms in total. The first-order valence-corrected chi connectivity index (χ1v) is 9.68. The first-order valence-electron chi connectivity index (χ1n) is 9.68. The molecule has 1 aliphatic carbocycles. The van der Waals surface area contributed by atoms with Gasteiger partial charge >= 0.3 is 0 Å². The zero-order valence-electron chi connectivity index (χ0n) is 15.5. The molecule has 1 amide bonds. The fourth-order valence-corrected chi connectivity index (χ4v) is 4.52. The maximum atomic E-state index is 12.7. The lowest BCUT2D eigenvalue weighted by Gasteiger charge is -2.28. The van der Waals surface area contributed by atoms with Gasteiger partial charge in [-0.15, -0.1) is 0 Å². The molecule has 0 saturated heterocycles. The summed E-state index contributed by atoms with van der Waals surface area (Å²) in [6, 6.07) is 2.33. The van der Waals surface area contributed by atoms with E-state index in [1.165, 1.54) is 19.3 Å². The van der Waals surface area contributed by atoms with E-state index in [0.29, 0.717) is 18.8 Å². The summed E-state index contributed by atoms with van der Waals surface area (Å²) in [7, 11) is 0. The van der Waals surface area contributed by atoms with Crippen molar-refractivity contribution in [3.8, 4) is 0 Å². The number of nitrogens with one attached hydrogen (secondary N) is 2. The Labute approximate surface area is 152 Å². The monoisotopic (exact) mass is 357 g/mol. The summed E-state index contributed by atoms with van der Waals surface area (Å²) in [5.41, 5.74) is 2.79. The second-order valence-electron chi connectivity index (χ2n) is 7.75. The van der Waals surface area contributed by atoms with Crippen molar-refractivity contribution in [1.29, 1.82) is 0 Å². The second-order valence-corrected chi connectivity index (χ2v) is 7.75. The van der Waals surface area contributed by atoms with Crippen molar-refractivity contribution in [2.24, 2.45) is 0 Å². The third-order valence-corrected chi connectivity index (χ3v) is 5.79. The molecule has 2 aromatic rings. The normalized spacial score (nSPS) is 20.8. The van der Waals surface area contributed by atoms with E-state index in [2.05, 4.69) is 15.5 Å². The number of aromatic amines is 1. The summed E-state index contributed by atoms with van der Waals surface area (Å²) >= 11 is 0. The van der Waals surface area contributed by atoms with Crippen molar-refractivity contribution in [1.82, 2.24) is 19.6 Å². The molecule has 2 aromatic heterocycles. The van der Waals surface area contributed by atoms with Gasteiger partial charge in [-0.1, -0.05) is 19.3 Å². The Morgan fingerprint density at radius 1 is 1.19 bits per heavy atom. The first kappa shape index (κ1) is 17.1. The van der Waals surface area contributed by atoms with Gasteiger partial charge < -0.3 is 5.32 Å². The van der Waals surface area contributed by atoms with Crippen molar-refractivity contribution < 1.29 is 4.79 Å². The van der Waals surface area contributed by atoms with E-state index in [1.807, 2.05) is 29.3 Å². The average molecular weight is 357 g/mol. The van der Waals surface area contributed by atoms with Gasteiger partial charge in [0.1, 0.15) is 5.82 Å². The zero-order chi connectivity index (χ0) is 18.3. The molecule has 0 aromatic carbocycles. The molecule has 2 N–H and O–H groups in total. The number of amides is 1. The van der Waals surface area contributed by atoms with Crippen molar-refractivity contribution in [3.63, 3.8) is 0 Å². The summed E-state index contributed by atoms with van der Waals surface area (Å²) in [6.07, 6.45) is 6.82. The molecule has 0 radical (unpaired) electrons. The molecule has 1 fully saturated rings. The van der Waals surface area contributed by atoms with Crippen LogP contribution in [0.25, 0.3) is 0 Å². The maximum Gasteiger partial charge on any atom is 0.269 e. The summed E-state index contributed by atoms with van der Waals surface area (Å²) in [5, 5.41) is 10.5. The quantitative estimate of drug-likeness (QED) is 0.882. The number of anilines is 1. The molecule has 0 bridgehead atoms. The minimum Gasteiger partial charge on any atom is -0.311 e. The summed E-state index contributed by atoms with van der Waals surface area (Å²) in [5.74, 6) is 0.646. The fourth-order valence-electron chi connectivity index (χ4n) is 4.52. The van der Waals surface area contributed by atoms with E-state index >= 15 is 0 Å². The van der Waals surface area contributed by atoms with Gasteiger partial charge in [0.25, 0.3) is 5.56 Å². The molecule has 4 rings (SSSR count). The number of hydrogen-bond donors (Lipinski definition) is 2. The number of H-pyrrole nitrogens is 1. The van der Waals surface area contributed by atoms with Crippen LogP contribution in [0.2, 0.25) is 0 Å². The lowest BCUT2D eigenvalue weighted by Crippen LogP contribution is -2.28. The molecular formula is C19H27N5O2. The average Bonchev–Trinajstić information content (AvgIpc) is 3.12. The topological polar surface area (TPSA) is 84.7 Å². The molecule has 0 spiro atoms. The second kappa shape index (κ2) is 6.78. The summed E-state index contributed by atoms with van der Waals surface area (Å²) in [6.45, 7) is 4.72. The van der Waals surface area contributed by atoms with Crippen LogP contribution in [0.1, 0.15) is 73.9 Å². The van der Waals surface area contributed by atoms with Gasteiger partial charge in [0.2, 0.25) is 5.91 Å². The smallest absolute Gasteiger partial charge is 0.269 e. The first-order chi connectivity index (χ1) is 12.5. The minimum atomic E-state index is -0.0590. The van der Waals surface area contributed by atoms with E-state index in [0.717, 1.165) is 36.2 Å². The molecular weight excluding hydrogens is 330 g/mol. The van der Waals surface area contributed by atoms with Gasteiger partial charge in [-0.05, 0) is 39.2 Å². The van der Waals surface area contributed by atoms with Crippen LogP contribution in [-0.4, -0.2) is 25.5 Å². The van der Waals surface area contributed by atoms with Gasteiger partial charge in [0, 0.05) is 24.6 Å². The van der Waals surface area contributed by atoms with Crippen LogP contribution in [-0.2, 0) is 11.3 Å². The van der Waals surface area contributed by atoms with Gasteiger partial charge in [-0.2, -0.15) is 5.10 Å². The van der Waals surface area contributed by atoms with Crippen molar-refractivity contribution in [2.45, 2.75) is 77.3 Å². The lowest BCUT2D eigenvalue weighted by atomic mass is 9.90. The molecule has 2 aliphatic rings. The highest BCUT2D eigenvalue weighted by Crippen LogP contribution is 2.37. The number of fused-ring (bicyclic) bond motifs is 1. The van der Waals surface area contributed by atoms with Crippen molar-refractivity contribution in [3.05, 3.63) is 33.4 Å². The predicted octanol–water partition coefficient (Wildman–Crippen LogP) is 3.01. The molecule has 26 heavy (non-hydrogen) atoms. The molecule has 1 atom stereocenters. The third-order valence-electron chi connectivity index (χ3n) is 5.79. The van der Waals surface area contributed by atoms with Crippen LogP contribution in [0.3, 0.4) is 0 Å². The molecule has 3 heterocycles. The van der Waals surface area contributed by atoms with Crippen LogP contribution >= 0.6 is 0 Å². The Bertz CT molecular complexity index is 869. The van der Waals surface area contributed by atoms with E-state index in [9.17, 15) is 9.59 Å². The Balaban J connectivity index is 1.60. The molecule has 1 saturated carbocycles. The Kier molecular flexibility index (Phi) is 4.46. The Morgan fingerprint density at radius 2 is 1.96 bits per heavy atom. The third kappa shape index (κ3) is 3.10. The predicted molar refractivity (Wildman–Crippen MR) is 99.5 cm³/mol. The number of carbonyl (C=O) groups is 1. The van der Waals surface area contributed by atoms with Crippen molar-refractivity contribution in [2.75, 3.05) is 5.32 Å². The Morgan fingerprint density at radius 3 is 2.65 bits per heavy atom. The van der Waals surface area contributed by atoms with Crippen LogP contribution in [0.15, 0.2) is 10.9 Å². The number of rotatable bonds is 4. The number of carbonyl (C=O) groups excluding carboxylic acids is 1. The highest BCUT2D eigenvalue weighted by Gasteiger charge is 2.33. The maximum absolute atomic E-state index is 12.7. The fraction of sp³-hybridized carbons (Fsp3) is 0.632. The van der Waals surface area contributed by atoms with Crippen LogP contribution in [0.4, 0.5) is 5.82 Å². The summed E-state index contributed by atoms with van der Waals surface area (Å²) < 4.78 is 3.90. The number of aryl methyl sites for hydroxylation is 3. The van der Waals surface area contributed by atoms with Gasteiger partial charge in [-0.25, -0.2) is 0 Å². The number of nitrogens with zero attached hydrogens (tertiary/aromatic N) is 3. The van der Waals surface area contributed by atoms with Crippen LogP contribution < -0.4 is 10.9 Å². The number of hydrogen-bond acceptors (Lipinski definition) is 3. The standard InChI is InChI=1S/C19H27N5O2/c1-12-10-13(2)23(21-12)9-8-14-11-16(25)20-18-17(14)19(26)22-24(18)15-6-4-3-5-7-15/h10,14-15H,3-9,11H2,1-2H3,(H,20,25)(H,22,26). The SMILES string of the molecule is Cc1cc(C)n(CCC2CC(=O)Nc3c2c(=O)[nH]n3C2CCCCC2)n1. The Hall–Kier alpha value is -2.31. The highest BCUT2D eigenvalue weighted by atomic mass is 16.2. The van der Waals surface area contributed by atoms with Gasteiger partial charge in [-0.3, -0.25) is 24.1 Å². The van der Waals surface area contributed by atoms with Gasteiger partial charge in [0.05, 0.1) is 17.3 Å². The molecule has 1 unspecified atom stereocenters. The lowest BCUT2D eigenvalue weighted by molar-refractivity contribution is -0.117. The van der Waals surface area contributed by atoms with Crippen molar-refractivity contribution >= 4 is 11.7 Å². The van der Waals surface area contributed by atoms with Gasteiger partial charge in [0.15, 0.2) is 0 Å². The molecule has 7 heteroatoms. The molecule has 140 valence electrons. The van der Waals surface area contributed by atoms with Crippen LogP contribution in [0, 0.1) is 13.8 Å². The largest absolute Gasteiger partial charge is 0.311 e.